The lowest BCUT2D eigenvalue weighted by Crippen LogP contribution is -2.45. The van der Waals surface area contributed by atoms with Gasteiger partial charge in [0.15, 0.2) is 6.10 Å². The summed E-state index contributed by atoms with van der Waals surface area (Å²) in [5.41, 5.74) is 0.803. The van der Waals surface area contributed by atoms with Gasteiger partial charge in [-0.2, -0.15) is 13.2 Å². The van der Waals surface area contributed by atoms with Gasteiger partial charge >= 0.3 is 12.1 Å². The molecule has 2 aromatic rings. The van der Waals surface area contributed by atoms with Crippen LogP contribution in [0.1, 0.15) is 28.4 Å². The van der Waals surface area contributed by atoms with Crippen molar-refractivity contribution in [3.05, 3.63) is 70.8 Å². The fourth-order valence-electron chi connectivity index (χ4n) is 2.65. The number of aryl methyl sites for hydroxylation is 1. The normalized spacial score (nSPS) is 13.5. The second-order valence-electron chi connectivity index (χ2n) is 6.24. The third-order valence-electron chi connectivity index (χ3n) is 4.29. The van der Waals surface area contributed by atoms with E-state index in [-0.39, 0.29) is 12.0 Å². The van der Waals surface area contributed by atoms with Gasteiger partial charge in [-0.15, -0.1) is 0 Å². The number of hydrogen-bond acceptors (Lipinski definition) is 4. The fourth-order valence-corrected chi connectivity index (χ4v) is 2.65. The molecule has 0 radical (unpaired) electrons. The molecule has 2 rings (SSSR count). The number of nitrogens with one attached hydrogen (secondary N) is 1. The minimum Gasteiger partial charge on any atom is -0.467 e. The van der Waals surface area contributed by atoms with Crippen LogP contribution in [-0.4, -0.2) is 30.1 Å². The summed E-state index contributed by atoms with van der Waals surface area (Å²) < 4.78 is 42.6. The number of carbonyl (C=O) groups is 2. The molecule has 0 unspecified atom stereocenters. The van der Waals surface area contributed by atoms with Crippen LogP contribution < -0.4 is 5.32 Å². The van der Waals surface area contributed by atoms with Crippen LogP contribution in [0.2, 0.25) is 0 Å². The zero-order valence-electron chi connectivity index (χ0n) is 15.3. The molecule has 0 aliphatic heterocycles. The molecule has 2 N–H and O–H groups in total. The number of amides is 1. The van der Waals surface area contributed by atoms with E-state index in [1.54, 1.807) is 12.1 Å². The van der Waals surface area contributed by atoms with E-state index in [1.807, 2.05) is 19.1 Å². The van der Waals surface area contributed by atoms with Crippen molar-refractivity contribution in [2.24, 2.45) is 0 Å². The molecule has 0 heterocycles. The molecule has 0 fully saturated rings. The van der Waals surface area contributed by atoms with Crippen LogP contribution in [0.15, 0.2) is 48.5 Å². The van der Waals surface area contributed by atoms with Gasteiger partial charge in [0.2, 0.25) is 0 Å². The summed E-state index contributed by atoms with van der Waals surface area (Å²) in [5, 5.41) is 12.6. The first kappa shape index (κ1) is 21.4. The molecule has 28 heavy (non-hydrogen) atoms. The van der Waals surface area contributed by atoms with Gasteiger partial charge in [-0.05, 0) is 35.7 Å². The summed E-state index contributed by atoms with van der Waals surface area (Å²) in [7, 11) is 1.17. The van der Waals surface area contributed by atoms with Crippen LogP contribution in [0.3, 0.4) is 0 Å². The van der Waals surface area contributed by atoms with E-state index >= 15 is 0 Å². The first-order valence-corrected chi connectivity index (χ1v) is 8.41. The molecule has 1 amide bonds. The van der Waals surface area contributed by atoms with Crippen molar-refractivity contribution in [3.63, 3.8) is 0 Å². The van der Waals surface area contributed by atoms with Gasteiger partial charge in [-0.3, -0.25) is 4.79 Å². The molecule has 0 spiro atoms. The number of aliphatic hydroxyl groups excluding tert-OH is 1. The predicted molar refractivity (Wildman–Crippen MR) is 95.2 cm³/mol. The summed E-state index contributed by atoms with van der Waals surface area (Å²) >= 11 is 0. The van der Waals surface area contributed by atoms with Crippen LogP contribution in [0.4, 0.5) is 13.2 Å². The highest BCUT2D eigenvalue weighted by atomic mass is 19.4. The summed E-state index contributed by atoms with van der Waals surface area (Å²) in [5.74, 6) is -1.61. The second kappa shape index (κ2) is 8.88. The molecule has 0 aliphatic carbocycles. The van der Waals surface area contributed by atoms with Gasteiger partial charge in [-0.25, -0.2) is 4.79 Å². The van der Waals surface area contributed by atoms with Crippen LogP contribution in [-0.2, 0) is 26.9 Å². The minimum absolute atomic E-state index is 0.0231. The van der Waals surface area contributed by atoms with Gasteiger partial charge in [0.05, 0.1) is 12.7 Å². The Bertz CT molecular complexity index is 834. The molecule has 0 aliphatic rings. The highest BCUT2D eigenvalue weighted by Crippen LogP contribution is 2.30. The van der Waals surface area contributed by atoms with Crippen molar-refractivity contribution >= 4 is 11.9 Å². The average molecular weight is 395 g/mol. The van der Waals surface area contributed by atoms with Crippen molar-refractivity contribution in [1.29, 1.82) is 0 Å². The molecular formula is C20H20F3NO4. The molecule has 2 atom stereocenters. The minimum atomic E-state index is -4.52. The first-order chi connectivity index (χ1) is 13.1. The zero-order chi connectivity index (χ0) is 20.9. The summed E-state index contributed by atoms with van der Waals surface area (Å²) in [6.07, 6.45) is -6.11. The van der Waals surface area contributed by atoms with Crippen molar-refractivity contribution < 1.29 is 32.6 Å². The first-order valence-electron chi connectivity index (χ1n) is 8.41. The van der Waals surface area contributed by atoms with E-state index < -0.39 is 35.8 Å². The van der Waals surface area contributed by atoms with Gasteiger partial charge in [0, 0.05) is 6.42 Å². The smallest absolute Gasteiger partial charge is 0.416 e. The molecule has 0 bridgehead atoms. The lowest BCUT2D eigenvalue weighted by Gasteiger charge is -2.20. The molecule has 0 saturated heterocycles. The number of carbonyl (C=O) groups excluding carboxylic acids is 2. The van der Waals surface area contributed by atoms with Gasteiger partial charge in [0.25, 0.3) is 5.91 Å². The van der Waals surface area contributed by atoms with Gasteiger partial charge < -0.3 is 15.2 Å². The topological polar surface area (TPSA) is 75.6 Å². The number of rotatable bonds is 6. The number of methoxy groups -OCH3 is 1. The molecule has 5 nitrogen and oxygen atoms in total. The Kier molecular flexibility index (Phi) is 6.80. The van der Waals surface area contributed by atoms with E-state index in [1.165, 1.54) is 7.11 Å². The lowest BCUT2D eigenvalue weighted by molar-refractivity contribution is -0.146. The quantitative estimate of drug-likeness (QED) is 0.738. The Morgan fingerprint density at radius 1 is 1.11 bits per heavy atom. The third kappa shape index (κ3) is 5.32. The Morgan fingerprint density at radius 2 is 1.71 bits per heavy atom. The van der Waals surface area contributed by atoms with Crippen molar-refractivity contribution in [1.82, 2.24) is 5.32 Å². The Balaban J connectivity index is 2.14. The lowest BCUT2D eigenvalue weighted by atomic mass is 10.0. The molecule has 2 aromatic carbocycles. The number of hydrogen-bond donors (Lipinski definition) is 2. The SMILES string of the molecule is COC(=O)[C@@H](Cc1ccccc1C)NC(=O)[C@@H](O)c1ccc(C(F)(F)F)cc1. The van der Waals surface area contributed by atoms with E-state index in [2.05, 4.69) is 5.32 Å². The maximum Gasteiger partial charge on any atom is 0.416 e. The number of benzene rings is 2. The van der Waals surface area contributed by atoms with E-state index in [0.29, 0.717) is 0 Å². The molecule has 0 aromatic heterocycles. The zero-order valence-corrected chi connectivity index (χ0v) is 15.3. The summed E-state index contributed by atoms with van der Waals surface area (Å²) in [6, 6.07) is 9.79. The molecule has 150 valence electrons. The van der Waals surface area contributed by atoms with Crippen molar-refractivity contribution in [3.8, 4) is 0 Å². The maximum atomic E-state index is 12.6. The Labute approximate surface area is 160 Å². The van der Waals surface area contributed by atoms with Crippen molar-refractivity contribution in [2.75, 3.05) is 7.11 Å². The number of halogens is 3. The van der Waals surface area contributed by atoms with Crippen LogP contribution in [0.5, 0.6) is 0 Å². The standard InChI is InChI=1S/C20H20F3NO4/c1-12-5-3-4-6-14(12)11-16(19(27)28-2)24-18(26)17(25)13-7-9-15(10-8-13)20(21,22)23/h3-10,16-17,25H,11H2,1-2H3,(H,24,26)/t16-,17+/m1/s1. The highest BCUT2D eigenvalue weighted by Gasteiger charge is 2.31. The Hall–Kier alpha value is -2.87. The van der Waals surface area contributed by atoms with E-state index in [0.717, 1.165) is 35.4 Å². The van der Waals surface area contributed by atoms with Gasteiger partial charge in [-0.1, -0.05) is 36.4 Å². The number of aliphatic hydroxyl groups is 1. The van der Waals surface area contributed by atoms with Crippen LogP contribution in [0, 0.1) is 6.92 Å². The number of alkyl halides is 3. The largest absolute Gasteiger partial charge is 0.467 e. The third-order valence-corrected chi connectivity index (χ3v) is 4.29. The Morgan fingerprint density at radius 3 is 2.25 bits per heavy atom. The molecule has 0 saturated carbocycles. The maximum absolute atomic E-state index is 12.6. The predicted octanol–water partition coefficient (Wildman–Crippen LogP) is 2.95. The monoisotopic (exact) mass is 395 g/mol. The molecule has 8 heteroatoms. The second-order valence-corrected chi connectivity index (χ2v) is 6.24. The summed E-state index contributed by atoms with van der Waals surface area (Å²) in [6.45, 7) is 1.85. The van der Waals surface area contributed by atoms with Gasteiger partial charge in [0.1, 0.15) is 6.04 Å². The fraction of sp³-hybridized carbons (Fsp3) is 0.300. The average Bonchev–Trinajstić information content (AvgIpc) is 2.67. The number of ether oxygens (including phenoxy) is 1. The highest BCUT2D eigenvalue weighted by molar-refractivity contribution is 5.87. The number of esters is 1. The summed E-state index contributed by atoms with van der Waals surface area (Å²) in [4.78, 5) is 24.4. The van der Waals surface area contributed by atoms with Crippen molar-refractivity contribution in [2.45, 2.75) is 31.7 Å². The van der Waals surface area contributed by atoms with Crippen LogP contribution >= 0.6 is 0 Å². The van der Waals surface area contributed by atoms with Crippen LogP contribution in [0.25, 0.3) is 0 Å². The molecular weight excluding hydrogens is 375 g/mol. The van der Waals surface area contributed by atoms with E-state index in [9.17, 15) is 27.9 Å². The van der Waals surface area contributed by atoms with E-state index in [4.69, 9.17) is 4.74 Å².